The molecule has 6 nitrogen and oxygen atoms in total. The number of ether oxygens (including phenoxy) is 2. The van der Waals surface area contributed by atoms with Gasteiger partial charge in [0.05, 0.1) is 29.9 Å². The summed E-state index contributed by atoms with van der Waals surface area (Å²) in [6, 6.07) is 4.63. The van der Waals surface area contributed by atoms with E-state index >= 15 is 0 Å². The van der Waals surface area contributed by atoms with Crippen molar-refractivity contribution in [2.75, 3.05) is 13.7 Å². The standard InChI is InChI=1S/C32H32F9NO5/c1-16(2)42(18(4)29(45)19-9-22(31(36,37)38)12-23(10-19)32(39,40)41)14-20-11-21(30(33,34)35)6-7-24(20)25-13-26(47-15-28(43)44)17(3)8-27(25)46-5/h6-13,16,18,29,45H,14-15H2,1-5H3,(H,43,44). The molecule has 0 fully saturated rings. The van der Waals surface area contributed by atoms with E-state index in [-0.39, 0.29) is 40.8 Å². The van der Waals surface area contributed by atoms with Crippen LogP contribution in [-0.4, -0.2) is 46.9 Å². The first-order valence-electron chi connectivity index (χ1n) is 14.0. The molecule has 47 heavy (non-hydrogen) atoms. The fourth-order valence-corrected chi connectivity index (χ4v) is 5.10. The number of alkyl halides is 9. The van der Waals surface area contributed by atoms with Crippen molar-refractivity contribution < 1.29 is 64.0 Å². The number of benzene rings is 3. The predicted molar refractivity (Wildman–Crippen MR) is 153 cm³/mol. The molecule has 0 aliphatic rings. The van der Waals surface area contributed by atoms with Gasteiger partial charge in [0.15, 0.2) is 6.61 Å². The number of carboxylic acids is 1. The van der Waals surface area contributed by atoms with Crippen molar-refractivity contribution in [2.45, 2.75) is 71.0 Å². The third-order valence-corrected chi connectivity index (χ3v) is 7.52. The first-order valence-corrected chi connectivity index (χ1v) is 14.0. The molecule has 0 heterocycles. The Hall–Kier alpha value is -3.98. The van der Waals surface area contributed by atoms with Crippen LogP contribution >= 0.6 is 0 Å². The van der Waals surface area contributed by atoms with Gasteiger partial charge in [0.25, 0.3) is 0 Å². The molecule has 2 atom stereocenters. The van der Waals surface area contributed by atoms with Crippen LogP contribution in [0.4, 0.5) is 39.5 Å². The summed E-state index contributed by atoms with van der Waals surface area (Å²) >= 11 is 0. The zero-order valence-electron chi connectivity index (χ0n) is 25.7. The summed E-state index contributed by atoms with van der Waals surface area (Å²) in [4.78, 5) is 12.5. The lowest BCUT2D eigenvalue weighted by Gasteiger charge is -2.36. The van der Waals surface area contributed by atoms with E-state index in [1.807, 2.05) is 0 Å². The number of carbonyl (C=O) groups is 1. The van der Waals surface area contributed by atoms with Gasteiger partial charge in [-0.3, -0.25) is 4.90 Å². The number of aliphatic carboxylic acids is 1. The van der Waals surface area contributed by atoms with Crippen LogP contribution in [0.3, 0.4) is 0 Å². The van der Waals surface area contributed by atoms with E-state index < -0.39 is 71.5 Å². The predicted octanol–water partition coefficient (Wildman–Crippen LogP) is 8.52. The van der Waals surface area contributed by atoms with Crippen LogP contribution in [0.5, 0.6) is 11.5 Å². The summed E-state index contributed by atoms with van der Waals surface area (Å²) in [6.45, 7) is 5.04. The highest BCUT2D eigenvalue weighted by Gasteiger charge is 2.39. The van der Waals surface area contributed by atoms with Gasteiger partial charge in [0.2, 0.25) is 0 Å². The monoisotopic (exact) mass is 681 g/mol. The second-order valence-electron chi connectivity index (χ2n) is 11.2. The van der Waals surface area contributed by atoms with Gasteiger partial charge in [-0.05, 0) is 92.4 Å². The Morgan fingerprint density at radius 3 is 1.81 bits per heavy atom. The number of aliphatic hydroxyl groups excluding tert-OH is 1. The van der Waals surface area contributed by atoms with Crippen LogP contribution in [-0.2, 0) is 29.9 Å². The SMILES string of the molecule is COc1cc(C)c(OCC(=O)O)cc1-c1ccc(C(F)(F)F)cc1CN(C(C)C)C(C)C(O)c1cc(C(F)(F)F)cc(C(F)(F)F)c1. The Morgan fingerprint density at radius 1 is 0.787 bits per heavy atom. The summed E-state index contributed by atoms with van der Waals surface area (Å²) in [6.07, 6.45) is -17.0. The third kappa shape index (κ3) is 9.10. The molecule has 2 unspecified atom stereocenters. The fraction of sp³-hybridized carbons (Fsp3) is 0.406. The number of aliphatic hydroxyl groups is 1. The average Bonchev–Trinajstić information content (AvgIpc) is 2.96. The van der Waals surface area contributed by atoms with E-state index in [1.165, 1.54) is 31.1 Å². The minimum Gasteiger partial charge on any atom is -0.496 e. The van der Waals surface area contributed by atoms with Crippen molar-refractivity contribution >= 4 is 5.97 Å². The molecule has 258 valence electrons. The number of carboxylic acid groups (broad SMARTS) is 1. The molecule has 15 heteroatoms. The van der Waals surface area contributed by atoms with Crippen LogP contribution in [0.25, 0.3) is 11.1 Å². The van der Waals surface area contributed by atoms with E-state index in [1.54, 1.807) is 20.8 Å². The molecule has 0 radical (unpaired) electrons. The van der Waals surface area contributed by atoms with Gasteiger partial charge in [-0.1, -0.05) is 6.07 Å². The summed E-state index contributed by atoms with van der Waals surface area (Å²) < 4.78 is 134. The van der Waals surface area contributed by atoms with E-state index in [0.29, 0.717) is 17.7 Å². The Kier molecular flexibility index (Phi) is 11.2. The number of nitrogens with zero attached hydrogens (tertiary/aromatic N) is 1. The van der Waals surface area contributed by atoms with Gasteiger partial charge in [-0.25, -0.2) is 4.79 Å². The molecule has 3 aromatic carbocycles. The van der Waals surface area contributed by atoms with Crippen molar-refractivity contribution in [2.24, 2.45) is 0 Å². The Labute approximate surface area is 264 Å². The zero-order valence-corrected chi connectivity index (χ0v) is 25.7. The summed E-state index contributed by atoms with van der Waals surface area (Å²) in [5.41, 5.74) is -4.12. The topological polar surface area (TPSA) is 79.2 Å². The van der Waals surface area contributed by atoms with Gasteiger partial charge in [-0.15, -0.1) is 0 Å². The Balaban J connectivity index is 2.18. The van der Waals surface area contributed by atoms with Crippen LogP contribution < -0.4 is 9.47 Å². The van der Waals surface area contributed by atoms with E-state index in [2.05, 4.69) is 0 Å². The maximum atomic E-state index is 13.9. The summed E-state index contributed by atoms with van der Waals surface area (Å²) in [5.74, 6) is -0.984. The van der Waals surface area contributed by atoms with Gasteiger partial charge in [0, 0.05) is 24.2 Å². The lowest BCUT2D eigenvalue weighted by Crippen LogP contribution is -2.42. The maximum Gasteiger partial charge on any atom is 0.416 e. The molecule has 0 spiro atoms. The molecular weight excluding hydrogens is 649 g/mol. The Bertz CT molecular complexity index is 1550. The molecule has 3 aromatic rings. The van der Waals surface area contributed by atoms with Crippen LogP contribution in [0, 0.1) is 6.92 Å². The molecule has 2 N–H and O–H groups in total. The zero-order chi connectivity index (χ0) is 35.6. The normalized spacial score (nSPS) is 14.0. The molecule has 3 rings (SSSR count). The molecule has 0 saturated carbocycles. The Morgan fingerprint density at radius 2 is 1.34 bits per heavy atom. The first kappa shape index (κ1) is 37.5. The molecule has 0 saturated heterocycles. The van der Waals surface area contributed by atoms with Gasteiger partial charge in [-0.2, -0.15) is 39.5 Å². The largest absolute Gasteiger partial charge is 0.496 e. The van der Waals surface area contributed by atoms with Gasteiger partial charge < -0.3 is 19.7 Å². The number of halogens is 9. The van der Waals surface area contributed by atoms with Crippen LogP contribution in [0.2, 0.25) is 0 Å². The highest BCUT2D eigenvalue weighted by Crippen LogP contribution is 2.42. The minimum absolute atomic E-state index is 0.0129. The maximum absolute atomic E-state index is 13.9. The highest BCUT2D eigenvalue weighted by atomic mass is 19.4. The summed E-state index contributed by atoms with van der Waals surface area (Å²) in [5, 5.41) is 20.2. The molecular formula is C32H32F9NO5. The van der Waals surface area contributed by atoms with Crippen molar-refractivity contribution in [3.8, 4) is 22.6 Å². The highest BCUT2D eigenvalue weighted by molar-refractivity contribution is 5.76. The number of rotatable bonds is 11. The number of hydrogen-bond acceptors (Lipinski definition) is 5. The smallest absolute Gasteiger partial charge is 0.416 e. The fourth-order valence-electron chi connectivity index (χ4n) is 5.10. The van der Waals surface area contributed by atoms with E-state index in [4.69, 9.17) is 14.6 Å². The van der Waals surface area contributed by atoms with Gasteiger partial charge in [0.1, 0.15) is 11.5 Å². The molecule has 0 aliphatic heterocycles. The second kappa shape index (κ2) is 14.0. The first-order chi connectivity index (χ1) is 21.5. The third-order valence-electron chi connectivity index (χ3n) is 7.52. The molecule has 0 aromatic heterocycles. The second-order valence-corrected chi connectivity index (χ2v) is 11.2. The van der Waals surface area contributed by atoms with Crippen molar-refractivity contribution in [3.05, 3.63) is 81.9 Å². The number of aryl methyl sites for hydroxylation is 1. The van der Waals surface area contributed by atoms with Gasteiger partial charge >= 0.3 is 24.5 Å². The van der Waals surface area contributed by atoms with Crippen LogP contribution in [0.1, 0.15) is 60.3 Å². The van der Waals surface area contributed by atoms with E-state index in [9.17, 15) is 49.4 Å². The molecule has 0 bridgehead atoms. The number of hydrogen-bond donors (Lipinski definition) is 2. The summed E-state index contributed by atoms with van der Waals surface area (Å²) in [7, 11) is 1.31. The molecule has 0 aliphatic carbocycles. The lowest BCUT2D eigenvalue weighted by molar-refractivity contribution is -0.143. The average molecular weight is 682 g/mol. The van der Waals surface area contributed by atoms with Crippen molar-refractivity contribution in [3.63, 3.8) is 0 Å². The minimum atomic E-state index is -5.16. The number of methoxy groups -OCH3 is 1. The molecule has 0 amide bonds. The quantitative estimate of drug-likeness (QED) is 0.198. The van der Waals surface area contributed by atoms with Crippen molar-refractivity contribution in [1.82, 2.24) is 4.90 Å². The van der Waals surface area contributed by atoms with Crippen molar-refractivity contribution in [1.29, 1.82) is 0 Å². The van der Waals surface area contributed by atoms with E-state index in [0.717, 1.165) is 18.2 Å². The van der Waals surface area contributed by atoms with Crippen LogP contribution in [0.15, 0.2) is 48.5 Å². The lowest BCUT2D eigenvalue weighted by atomic mass is 9.93.